The van der Waals surface area contributed by atoms with E-state index in [1.807, 2.05) is 19.1 Å². The minimum atomic E-state index is -0.342. The lowest BCUT2D eigenvalue weighted by atomic mass is 10.0. The van der Waals surface area contributed by atoms with E-state index in [1.54, 1.807) is 30.3 Å². The molecule has 4 nitrogen and oxygen atoms in total. The molecule has 0 aliphatic rings. The minimum absolute atomic E-state index is 0.221. The van der Waals surface area contributed by atoms with E-state index in [2.05, 4.69) is 31.3 Å². The van der Waals surface area contributed by atoms with E-state index in [0.29, 0.717) is 23.8 Å². The highest BCUT2D eigenvalue weighted by Crippen LogP contribution is 2.15. The number of benzene rings is 2. The standard InChI is InChI=1S/C23H27NO3/c1-4-5-16-27-23(26)20-11-13-21(14-12-20)24-22(25)15-8-18-6-9-19(10-7-18)17(2)3/h6-15,17H,4-5,16H2,1-3H3,(H,24,25). The summed E-state index contributed by atoms with van der Waals surface area (Å²) in [6, 6.07) is 14.8. The number of hydrogen-bond acceptors (Lipinski definition) is 3. The van der Waals surface area contributed by atoms with Crippen LogP contribution in [0.2, 0.25) is 0 Å². The van der Waals surface area contributed by atoms with Crippen LogP contribution in [0.15, 0.2) is 54.6 Å². The van der Waals surface area contributed by atoms with Gasteiger partial charge in [0.05, 0.1) is 12.2 Å². The van der Waals surface area contributed by atoms with Gasteiger partial charge in [-0.1, -0.05) is 51.5 Å². The molecule has 2 aromatic carbocycles. The normalized spacial score (nSPS) is 11.0. The fraction of sp³-hybridized carbons (Fsp3) is 0.304. The predicted molar refractivity (Wildman–Crippen MR) is 110 cm³/mol. The number of nitrogens with one attached hydrogen (secondary N) is 1. The summed E-state index contributed by atoms with van der Waals surface area (Å²) in [5.41, 5.74) is 3.35. The second-order valence-corrected chi connectivity index (χ2v) is 6.71. The maximum Gasteiger partial charge on any atom is 0.338 e. The van der Waals surface area contributed by atoms with Crippen LogP contribution in [0.5, 0.6) is 0 Å². The molecule has 0 saturated carbocycles. The van der Waals surface area contributed by atoms with Crippen LogP contribution >= 0.6 is 0 Å². The van der Waals surface area contributed by atoms with Gasteiger partial charge in [-0.25, -0.2) is 4.79 Å². The Morgan fingerprint density at radius 1 is 1.04 bits per heavy atom. The molecule has 0 aliphatic heterocycles. The number of esters is 1. The molecule has 2 aromatic rings. The van der Waals surface area contributed by atoms with E-state index in [4.69, 9.17) is 4.74 Å². The summed E-state index contributed by atoms with van der Waals surface area (Å²) in [6.45, 7) is 6.76. The first-order chi connectivity index (χ1) is 13.0. The largest absolute Gasteiger partial charge is 0.462 e. The third-order valence-corrected chi connectivity index (χ3v) is 4.15. The summed E-state index contributed by atoms with van der Waals surface area (Å²) in [5.74, 6) is -0.0782. The van der Waals surface area contributed by atoms with Crippen molar-refractivity contribution in [2.24, 2.45) is 0 Å². The van der Waals surface area contributed by atoms with Gasteiger partial charge in [0.25, 0.3) is 0 Å². The van der Waals surface area contributed by atoms with Crippen LogP contribution in [-0.4, -0.2) is 18.5 Å². The summed E-state index contributed by atoms with van der Waals surface area (Å²) >= 11 is 0. The Bertz CT molecular complexity index is 774. The zero-order chi connectivity index (χ0) is 19.6. The Balaban J connectivity index is 1.88. The summed E-state index contributed by atoms with van der Waals surface area (Å²) < 4.78 is 5.16. The maximum atomic E-state index is 12.1. The van der Waals surface area contributed by atoms with Gasteiger partial charge in [-0.2, -0.15) is 0 Å². The van der Waals surface area contributed by atoms with E-state index in [1.165, 1.54) is 11.6 Å². The average molecular weight is 365 g/mol. The topological polar surface area (TPSA) is 55.4 Å². The summed E-state index contributed by atoms with van der Waals surface area (Å²) in [7, 11) is 0. The zero-order valence-electron chi connectivity index (χ0n) is 16.2. The van der Waals surface area contributed by atoms with Crippen molar-refractivity contribution in [2.75, 3.05) is 11.9 Å². The Morgan fingerprint density at radius 2 is 1.70 bits per heavy atom. The number of amides is 1. The molecule has 0 spiro atoms. The van der Waals surface area contributed by atoms with Gasteiger partial charge in [0.2, 0.25) is 5.91 Å². The average Bonchev–Trinajstić information content (AvgIpc) is 2.67. The Labute approximate surface area is 161 Å². The lowest BCUT2D eigenvalue weighted by Crippen LogP contribution is -2.09. The third kappa shape index (κ3) is 6.74. The minimum Gasteiger partial charge on any atom is -0.462 e. The SMILES string of the molecule is CCCCOC(=O)c1ccc(NC(=O)C=Cc2ccc(C(C)C)cc2)cc1. The number of hydrogen-bond donors (Lipinski definition) is 1. The first kappa shape index (κ1) is 20.4. The van der Waals surface area contributed by atoms with Crippen LogP contribution in [-0.2, 0) is 9.53 Å². The molecule has 0 radical (unpaired) electrons. The monoisotopic (exact) mass is 365 g/mol. The number of ether oxygens (including phenoxy) is 1. The van der Waals surface area contributed by atoms with E-state index in [-0.39, 0.29) is 11.9 Å². The molecule has 4 heteroatoms. The van der Waals surface area contributed by atoms with E-state index < -0.39 is 0 Å². The molecule has 0 aromatic heterocycles. The molecule has 0 heterocycles. The molecule has 1 amide bonds. The van der Waals surface area contributed by atoms with Crippen LogP contribution in [0.3, 0.4) is 0 Å². The molecular weight excluding hydrogens is 338 g/mol. The predicted octanol–water partition coefficient (Wildman–Crippen LogP) is 5.42. The molecule has 2 rings (SSSR count). The summed E-state index contributed by atoms with van der Waals surface area (Å²) in [6.07, 6.45) is 5.11. The van der Waals surface area contributed by atoms with Crippen molar-refractivity contribution in [2.45, 2.75) is 39.5 Å². The fourth-order valence-corrected chi connectivity index (χ4v) is 2.43. The zero-order valence-corrected chi connectivity index (χ0v) is 16.2. The molecule has 0 fully saturated rings. The van der Waals surface area contributed by atoms with Crippen LogP contribution < -0.4 is 5.32 Å². The Morgan fingerprint density at radius 3 is 2.30 bits per heavy atom. The van der Waals surface area contributed by atoms with Crippen molar-refractivity contribution in [3.05, 3.63) is 71.3 Å². The smallest absolute Gasteiger partial charge is 0.338 e. The van der Waals surface area contributed by atoms with Gasteiger partial charge in [-0.15, -0.1) is 0 Å². The fourth-order valence-electron chi connectivity index (χ4n) is 2.43. The highest BCUT2D eigenvalue weighted by atomic mass is 16.5. The van der Waals surface area contributed by atoms with Gasteiger partial charge in [-0.05, 0) is 53.8 Å². The van der Waals surface area contributed by atoms with Crippen LogP contribution in [0.1, 0.15) is 61.0 Å². The summed E-state index contributed by atoms with van der Waals surface area (Å²) in [5, 5.41) is 2.78. The van der Waals surface area contributed by atoms with Crippen LogP contribution in [0.25, 0.3) is 6.08 Å². The van der Waals surface area contributed by atoms with Crippen molar-refractivity contribution in [3.8, 4) is 0 Å². The molecule has 142 valence electrons. The molecule has 1 N–H and O–H groups in total. The first-order valence-corrected chi connectivity index (χ1v) is 9.35. The first-order valence-electron chi connectivity index (χ1n) is 9.35. The number of rotatable bonds is 8. The van der Waals surface area contributed by atoms with Crippen molar-refractivity contribution in [1.29, 1.82) is 0 Å². The quantitative estimate of drug-likeness (QED) is 0.386. The molecule has 0 aliphatic carbocycles. The lowest BCUT2D eigenvalue weighted by Gasteiger charge is -2.06. The molecule has 0 atom stereocenters. The van der Waals surface area contributed by atoms with Crippen molar-refractivity contribution < 1.29 is 14.3 Å². The maximum absolute atomic E-state index is 12.1. The molecule has 0 bridgehead atoms. The number of unbranched alkanes of at least 4 members (excludes halogenated alkanes) is 1. The van der Waals surface area contributed by atoms with Gasteiger partial charge >= 0.3 is 5.97 Å². The molecule has 27 heavy (non-hydrogen) atoms. The summed E-state index contributed by atoms with van der Waals surface area (Å²) in [4.78, 5) is 23.9. The molecular formula is C23H27NO3. The number of carbonyl (C=O) groups excluding carboxylic acids is 2. The second kappa shape index (κ2) is 10.3. The highest BCUT2D eigenvalue weighted by Gasteiger charge is 2.07. The van der Waals surface area contributed by atoms with Crippen molar-refractivity contribution in [1.82, 2.24) is 0 Å². The van der Waals surface area contributed by atoms with E-state index in [9.17, 15) is 9.59 Å². The van der Waals surface area contributed by atoms with Crippen molar-refractivity contribution in [3.63, 3.8) is 0 Å². The molecule has 0 unspecified atom stereocenters. The third-order valence-electron chi connectivity index (χ3n) is 4.15. The van der Waals surface area contributed by atoms with Gasteiger partial charge in [-0.3, -0.25) is 4.79 Å². The Hall–Kier alpha value is -2.88. The van der Waals surface area contributed by atoms with Gasteiger partial charge < -0.3 is 10.1 Å². The lowest BCUT2D eigenvalue weighted by molar-refractivity contribution is -0.111. The highest BCUT2D eigenvalue weighted by molar-refractivity contribution is 6.02. The van der Waals surface area contributed by atoms with Crippen molar-refractivity contribution >= 4 is 23.6 Å². The Kier molecular flexibility index (Phi) is 7.80. The van der Waals surface area contributed by atoms with Gasteiger partial charge in [0.15, 0.2) is 0 Å². The van der Waals surface area contributed by atoms with E-state index >= 15 is 0 Å². The number of anilines is 1. The van der Waals surface area contributed by atoms with Gasteiger partial charge in [0.1, 0.15) is 0 Å². The second-order valence-electron chi connectivity index (χ2n) is 6.71. The van der Waals surface area contributed by atoms with E-state index in [0.717, 1.165) is 18.4 Å². The van der Waals surface area contributed by atoms with Crippen LogP contribution in [0, 0.1) is 0 Å². The number of carbonyl (C=O) groups is 2. The molecule has 0 saturated heterocycles. The van der Waals surface area contributed by atoms with Gasteiger partial charge in [0, 0.05) is 11.8 Å². The van der Waals surface area contributed by atoms with Crippen LogP contribution in [0.4, 0.5) is 5.69 Å².